The molecule has 0 saturated heterocycles. The molecule has 0 aliphatic rings. The molecule has 30 heavy (non-hydrogen) atoms. The number of nitrogens with zero attached hydrogens (tertiary/aromatic N) is 1. The van der Waals surface area contributed by atoms with E-state index in [4.69, 9.17) is 23.2 Å². The van der Waals surface area contributed by atoms with Crippen LogP contribution in [0.25, 0.3) is 0 Å². The topological polar surface area (TPSA) is 95.6 Å². The van der Waals surface area contributed by atoms with Gasteiger partial charge in [-0.3, -0.25) is 9.59 Å². The van der Waals surface area contributed by atoms with Crippen molar-refractivity contribution in [2.45, 2.75) is 18.2 Å². The molecule has 0 radical (unpaired) electrons. The van der Waals surface area contributed by atoms with Crippen LogP contribution in [0.15, 0.2) is 47.4 Å². The van der Waals surface area contributed by atoms with Crippen LogP contribution in [0.3, 0.4) is 0 Å². The molecule has 11 heteroatoms. The predicted octanol–water partition coefficient (Wildman–Crippen LogP) is 3.29. The summed E-state index contributed by atoms with van der Waals surface area (Å²) in [5, 5.41) is 3.09. The summed E-state index contributed by atoms with van der Waals surface area (Å²) in [4.78, 5) is 25.8. The number of carbonyl (C=O) groups excluding carboxylic acids is 2. The first-order valence-corrected chi connectivity index (χ1v) is 11.1. The number of amides is 2. The van der Waals surface area contributed by atoms with Gasteiger partial charge in [0.15, 0.2) is 0 Å². The van der Waals surface area contributed by atoms with Gasteiger partial charge in [0.2, 0.25) is 21.8 Å². The lowest BCUT2D eigenvalue weighted by Crippen LogP contribution is -2.39. The Morgan fingerprint density at radius 2 is 1.67 bits per heavy atom. The number of sulfonamides is 1. The fourth-order valence-electron chi connectivity index (χ4n) is 2.49. The molecular formula is C19H20Cl2FN3O4S. The number of hydrogen-bond donors (Lipinski definition) is 2. The maximum Gasteiger partial charge on any atom is 0.244 e. The fraction of sp³-hybridized carbons (Fsp3) is 0.263. The first-order valence-electron chi connectivity index (χ1n) is 8.91. The van der Waals surface area contributed by atoms with Crippen LogP contribution in [0.1, 0.15) is 13.3 Å². The van der Waals surface area contributed by atoms with E-state index in [9.17, 15) is 22.4 Å². The van der Waals surface area contributed by atoms with Gasteiger partial charge in [-0.1, -0.05) is 29.3 Å². The monoisotopic (exact) mass is 475 g/mol. The maximum absolute atomic E-state index is 12.9. The van der Waals surface area contributed by atoms with E-state index in [1.165, 1.54) is 4.90 Å². The molecular weight excluding hydrogens is 456 g/mol. The quantitative estimate of drug-likeness (QED) is 0.581. The van der Waals surface area contributed by atoms with Crippen molar-refractivity contribution in [1.29, 1.82) is 0 Å². The molecule has 2 amide bonds. The highest BCUT2D eigenvalue weighted by molar-refractivity contribution is 7.89. The molecule has 0 atom stereocenters. The summed E-state index contributed by atoms with van der Waals surface area (Å²) in [7, 11) is -3.87. The Kier molecular flexibility index (Phi) is 8.60. The second kappa shape index (κ2) is 10.7. The number of likely N-dealkylation sites (N-methyl/N-ethyl adjacent to an activating group) is 1. The molecule has 0 bridgehead atoms. The molecule has 0 aliphatic heterocycles. The second-order valence-corrected chi connectivity index (χ2v) is 8.74. The predicted molar refractivity (Wildman–Crippen MR) is 114 cm³/mol. The van der Waals surface area contributed by atoms with Gasteiger partial charge in [0.05, 0.1) is 27.2 Å². The van der Waals surface area contributed by atoms with Crippen molar-refractivity contribution < 1.29 is 22.4 Å². The summed E-state index contributed by atoms with van der Waals surface area (Å²) in [6.45, 7) is 1.51. The molecule has 0 fully saturated rings. The average molecular weight is 476 g/mol. The third-order valence-corrected chi connectivity index (χ3v) is 6.16. The van der Waals surface area contributed by atoms with Crippen molar-refractivity contribution in [2.24, 2.45) is 0 Å². The molecule has 0 aliphatic carbocycles. The van der Waals surface area contributed by atoms with E-state index < -0.39 is 27.7 Å². The van der Waals surface area contributed by atoms with Gasteiger partial charge in [0.25, 0.3) is 0 Å². The first kappa shape index (κ1) is 24.1. The second-order valence-electron chi connectivity index (χ2n) is 6.15. The normalized spacial score (nSPS) is 11.2. The largest absolute Gasteiger partial charge is 0.334 e. The van der Waals surface area contributed by atoms with Gasteiger partial charge in [-0.25, -0.2) is 17.5 Å². The lowest BCUT2D eigenvalue weighted by molar-refractivity contribution is -0.134. The molecule has 0 spiro atoms. The SMILES string of the molecule is CCN(CC(=O)Nc1c(Cl)cccc1Cl)C(=O)CCNS(=O)(=O)c1ccc(F)cc1. The van der Waals surface area contributed by atoms with E-state index in [2.05, 4.69) is 10.0 Å². The minimum absolute atomic E-state index is 0.111. The van der Waals surface area contributed by atoms with E-state index >= 15 is 0 Å². The number of halogens is 3. The number of para-hydroxylation sites is 1. The lowest BCUT2D eigenvalue weighted by Gasteiger charge is -2.21. The van der Waals surface area contributed by atoms with Crippen LogP contribution in [-0.4, -0.2) is 44.8 Å². The highest BCUT2D eigenvalue weighted by atomic mass is 35.5. The van der Waals surface area contributed by atoms with Crippen LogP contribution in [0, 0.1) is 5.82 Å². The van der Waals surface area contributed by atoms with Crippen LogP contribution in [0.2, 0.25) is 10.0 Å². The van der Waals surface area contributed by atoms with Gasteiger partial charge in [-0.15, -0.1) is 0 Å². The third-order valence-electron chi connectivity index (χ3n) is 4.05. The van der Waals surface area contributed by atoms with Crippen molar-refractivity contribution in [2.75, 3.05) is 25.0 Å². The molecule has 2 aromatic rings. The van der Waals surface area contributed by atoms with Gasteiger partial charge >= 0.3 is 0 Å². The number of benzene rings is 2. The van der Waals surface area contributed by atoms with Crippen LogP contribution >= 0.6 is 23.2 Å². The van der Waals surface area contributed by atoms with Crippen LogP contribution in [0.5, 0.6) is 0 Å². The standard InChI is InChI=1S/C19H20Cl2FN3O4S/c1-2-25(12-17(26)24-19-15(20)4-3-5-16(19)21)18(27)10-11-23-30(28,29)14-8-6-13(22)7-9-14/h3-9,23H,2,10-12H2,1H3,(H,24,26). The number of carbonyl (C=O) groups is 2. The average Bonchev–Trinajstić information content (AvgIpc) is 2.69. The Bertz CT molecular complexity index is 997. The van der Waals surface area contributed by atoms with Crippen LogP contribution < -0.4 is 10.0 Å². The zero-order chi connectivity index (χ0) is 22.3. The Labute approximate surface area is 184 Å². The Hall–Kier alpha value is -2.20. The summed E-state index contributed by atoms with van der Waals surface area (Å²) >= 11 is 12.0. The minimum Gasteiger partial charge on any atom is -0.334 e. The molecule has 0 unspecified atom stereocenters. The van der Waals surface area contributed by atoms with Crippen molar-refractivity contribution in [3.8, 4) is 0 Å². The molecule has 0 heterocycles. The minimum atomic E-state index is -3.87. The van der Waals surface area contributed by atoms with Crippen molar-refractivity contribution in [3.63, 3.8) is 0 Å². The third kappa shape index (κ3) is 6.66. The van der Waals surface area contributed by atoms with Gasteiger partial charge in [-0.05, 0) is 43.3 Å². The summed E-state index contributed by atoms with van der Waals surface area (Å²) in [5.41, 5.74) is 0.251. The molecule has 0 aromatic heterocycles. The van der Waals surface area contributed by atoms with E-state index in [0.717, 1.165) is 24.3 Å². The van der Waals surface area contributed by atoms with Crippen molar-refractivity contribution in [1.82, 2.24) is 9.62 Å². The number of nitrogens with one attached hydrogen (secondary N) is 2. The number of anilines is 1. The molecule has 162 valence electrons. The lowest BCUT2D eigenvalue weighted by atomic mass is 10.3. The smallest absolute Gasteiger partial charge is 0.244 e. The Balaban J connectivity index is 1.90. The van der Waals surface area contributed by atoms with Crippen LogP contribution in [-0.2, 0) is 19.6 Å². The molecule has 2 rings (SSSR count). The van der Waals surface area contributed by atoms with Gasteiger partial charge < -0.3 is 10.2 Å². The molecule has 2 N–H and O–H groups in total. The zero-order valence-corrected chi connectivity index (χ0v) is 18.3. The van der Waals surface area contributed by atoms with Crippen molar-refractivity contribution >= 4 is 50.7 Å². The van der Waals surface area contributed by atoms with Gasteiger partial charge in [-0.2, -0.15) is 0 Å². The maximum atomic E-state index is 12.9. The Morgan fingerprint density at radius 3 is 2.23 bits per heavy atom. The number of hydrogen-bond acceptors (Lipinski definition) is 4. The van der Waals surface area contributed by atoms with E-state index in [1.807, 2.05) is 0 Å². The molecule has 7 nitrogen and oxygen atoms in total. The highest BCUT2D eigenvalue weighted by Gasteiger charge is 2.19. The zero-order valence-electron chi connectivity index (χ0n) is 16.0. The van der Waals surface area contributed by atoms with Crippen molar-refractivity contribution in [3.05, 3.63) is 58.3 Å². The Morgan fingerprint density at radius 1 is 1.07 bits per heavy atom. The van der Waals surface area contributed by atoms with E-state index in [1.54, 1.807) is 25.1 Å². The number of rotatable bonds is 9. The van der Waals surface area contributed by atoms with Gasteiger partial charge in [0, 0.05) is 19.5 Å². The van der Waals surface area contributed by atoms with E-state index in [0.29, 0.717) is 0 Å². The summed E-state index contributed by atoms with van der Waals surface area (Å²) in [6.07, 6.45) is -0.158. The van der Waals surface area contributed by atoms with Gasteiger partial charge in [0.1, 0.15) is 5.82 Å². The molecule has 2 aromatic carbocycles. The highest BCUT2D eigenvalue weighted by Crippen LogP contribution is 2.29. The summed E-state index contributed by atoms with van der Waals surface area (Å²) in [6, 6.07) is 9.09. The van der Waals surface area contributed by atoms with E-state index in [-0.39, 0.29) is 46.7 Å². The fourth-order valence-corrected chi connectivity index (χ4v) is 4.02. The summed E-state index contributed by atoms with van der Waals surface area (Å²) < 4.78 is 39.5. The molecule has 0 saturated carbocycles. The summed E-state index contributed by atoms with van der Waals surface area (Å²) in [5.74, 6) is -1.47. The first-order chi connectivity index (χ1) is 14.1. The van der Waals surface area contributed by atoms with Crippen LogP contribution in [0.4, 0.5) is 10.1 Å².